The van der Waals surface area contributed by atoms with Gasteiger partial charge in [0, 0.05) is 22.7 Å². The molecule has 17 nitrogen and oxygen atoms in total. The average molecular weight is 843 g/mol. The molecule has 0 bridgehead atoms. The van der Waals surface area contributed by atoms with Crippen molar-refractivity contribution in [3.8, 4) is 0 Å². The molecule has 0 unspecified atom stereocenters. The maximum atomic E-state index is 16.2. The number of imidazole rings is 2. The topological polar surface area (TPSA) is 235 Å². The number of carbonyl (C=O) groups excluding carboxylic acids is 2. The van der Waals surface area contributed by atoms with Crippen LogP contribution in [0.15, 0.2) is 22.2 Å². The van der Waals surface area contributed by atoms with Gasteiger partial charge in [0.05, 0.1) is 43.6 Å². The molecule has 4 saturated carbocycles. The number of anilines is 2. The van der Waals surface area contributed by atoms with Crippen molar-refractivity contribution in [2.45, 2.75) is 129 Å². The van der Waals surface area contributed by atoms with Crippen LogP contribution in [0.2, 0.25) is 18.1 Å². The molecule has 6 N–H and O–H groups in total. The van der Waals surface area contributed by atoms with E-state index in [-0.39, 0.29) is 86.8 Å². The second-order valence-corrected chi connectivity index (χ2v) is 23.7. The molecule has 4 aliphatic rings. The van der Waals surface area contributed by atoms with Crippen molar-refractivity contribution in [1.82, 2.24) is 39.0 Å². The molecule has 2 amide bonds. The summed E-state index contributed by atoms with van der Waals surface area (Å²) in [6, 6.07) is -1.28. The van der Waals surface area contributed by atoms with E-state index in [2.05, 4.69) is 81.3 Å². The molecule has 4 aliphatic carbocycles. The van der Waals surface area contributed by atoms with Crippen LogP contribution in [0.1, 0.15) is 86.7 Å². The maximum Gasteiger partial charge on any atom is 0.280 e. The number of amides is 2. The zero-order chi connectivity index (χ0) is 43.3. The standard InChI is InChI=1S/C23H36FN5O3Si.C16H20FN5O4/c1-9-23-10-13(23)16(14(24)17(23)32-33(7,8)22(4,5)6)29-11-25-15-18(29)26-21(28-20(15)31)27-19(30)12(2)3;1-6(2)13(25)20-15-19-12-9(14(26)21-15)18-5-22(12)10-7-3-16(7,4-23)11(24)8(10)17/h11-14,16-17H,9-10H2,1-8H3,(H2,26,27,28,30,31);5-8,10-11,23-24H,3-4H2,1-2H3,(H2,19,20,21,25,26)/t13-,14+,16-,17+,23-;7-,8+,10-,11+,16+/m11/s1. The minimum atomic E-state index is -2.19. The van der Waals surface area contributed by atoms with Gasteiger partial charge in [-0.1, -0.05) is 55.4 Å². The van der Waals surface area contributed by atoms with Crippen molar-refractivity contribution in [2.24, 2.45) is 34.5 Å². The second kappa shape index (κ2) is 14.7. The molecule has 59 heavy (non-hydrogen) atoms. The Morgan fingerprint density at radius 1 is 0.881 bits per heavy atom. The van der Waals surface area contributed by atoms with Crippen LogP contribution in [-0.4, -0.2) is 101 Å². The van der Waals surface area contributed by atoms with Crippen molar-refractivity contribution < 1.29 is 33.0 Å². The predicted molar refractivity (Wildman–Crippen MR) is 218 cm³/mol. The number of aliphatic hydroxyl groups is 2. The van der Waals surface area contributed by atoms with Crippen molar-refractivity contribution in [1.29, 1.82) is 0 Å². The summed E-state index contributed by atoms with van der Waals surface area (Å²) in [4.78, 5) is 70.7. The number of halogens is 2. The highest BCUT2D eigenvalue weighted by molar-refractivity contribution is 6.74. The van der Waals surface area contributed by atoms with Crippen LogP contribution < -0.4 is 21.8 Å². The Labute approximate surface area is 340 Å². The van der Waals surface area contributed by atoms with E-state index in [9.17, 15) is 33.8 Å². The lowest BCUT2D eigenvalue weighted by Gasteiger charge is -2.41. The summed E-state index contributed by atoms with van der Waals surface area (Å²) in [7, 11) is -2.19. The Morgan fingerprint density at radius 3 is 1.73 bits per heavy atom. The van der Waals surface area contributed by atoms with Crippen molar-refractivity contribution in [2.75, 3.05) is 17.2 Å². The van der Waals surface area contributed by atoms with E-state index in [0.29, 0.717) is 6.42 Å². The molecule has 4 aromatic rings. The largest absolute Gasteiger partial charge is 0.410 e. The number of aliphatic hydroxyl groups excluding tert-OH is 2. The van der Waals surface area contributed by atoms with Gasteiger partial charge in [-0.2, -0.15) is 9.97 Å². The predicted octanol–water partition coefficient (Wildman–Crippen LogP) is 4.38. The van der Waals surface area contributed by atoms with E-state index in [1.807, 2.05) is 0 Å². The van der Waals surface area contributed by atoms with Gasteiger partial charge in [-0.05, 0) is 49.2 Å². The molecule has 0 aliphatic heterocycles. The zero-order valence-corrected chi connectivity index (χ0v) is 36.1. The summed E-state index contributed by atoms with van der Waals surface area (Å²) in [5, 5.41) is 24.8. The lowest BCUT2D eigenvalue weighted by Crippen LogP contribution is -2.48. The third-order valence-corrected chi connectivity index (χ3v) is 18.3. The van der Waals surface area contributed by atoms with Gasteiger partial charge < -0.3 is 23.8 Å². The number of carbonyl (C=O) groups is 2. The van der Waals surface area contributed by atoms with Gasteiger partial charge in [0.1, 0.15) is 12.3 Å². The van der Waals surface area contributed by atoms with Crippen molar-refractivity contribution >= 4 is 54.4 Å². The van der Waals surface area contributed by atoms with Crippen molar-refractivity contribution in [3.05, 3.63) is 33.4 Å². The zero-order valence-electron chi connectivity index (χ0n) is 35.1. The smallest absolute Gasteiger partial charge is 0.280 e. The van der Waals surface area contributed by atoms with E-state index in [0.717, 1.165) is 12.8 Å². The molecule has 322 valence electrons. The first-order valence-corrected chi connectivity index (χ1v) is 23.2. The summed E-state index contributed by atoms with van der Waals surface area (Å²) >= 11 is 0. The molecule has 0 saturated heterocycles. The van der Waals surface area contributed by atoms with Crippen LogP contribution in [0.5, 0.6) is 0 Å². The SMILES string of the molecule is CC(C)C(=O)Nc1nc2c(ncn2[C@H]2[C@H](F)[C@H](O)[C@]3(CO)C[C@H]23)c(=O)[nH]1.CC[C@@]12C[C@@H]1[C@@H](n1cnc3c(=O)[nH]c(NC(=O)C(C)C)nc31)[C@H](F)[C@@H]2O[Si](C)(C)C(C)(C)C. The van der Waals surface area contributed by atoms with Gasteiger partial charge in [0.15, 0.2) is 30.6 Å². The van der Waals surface area contributed by atoms with Gasteiger partial charge in [0.2, 0.25) is 23.7 Å². The Bertz CT molecular complexity index is 2410. The first-order valence-electron chi connectivity index (χ1n) is 20.3. The fourth-order valence-electron chi connectivity index (χ4n) is 8.92. The first kappa shape index (κ1) is 42.7. The summed E-state index contributed by atoms with van der Waals surface area (Å²) in [6.45, 7) is 19.5. The number of nitrogens with one attached hydrogen (secondary N) is 4. The summed E-state index contributed by atoms with van der Waals surface area (Å²) in [5.41, 5.74) is -1.46. The molecular weight excluding hydrogens is 787 g/mol. The van der Waals surface area contributed by atoms with Crippen LogP contribution in [0, 0.1) is 34.5 Å². The third kappa shape index (κ3) is 6.92. The molecule has 0 spiro atoms. The summed E-state index contributed by atoms with van der Waals surface area (Å²) in [5.74, 6) is -1.32. The van der Waals surface area contributed by atoms with E-state index in [4.69, 9.17) is 4.43 Å². The maximum absolute atomic E-state index is 16.2. The Kier molecular flexibility index (Phi) is 10.6. The fraction of sp³-hybridized carbons (Fsp3) is 0.692. The van der Waals surface area contributed by atoms with E-state index in [1.54, 1.807) is 32.3 Å². The number of fused-ring (bicyclic) bond motifs is 4. The lowest BCUT2D eigenvalue weighted by atomic mass is 9.97. The van der Waals surface area contributed by atoms with E-state index >= 15 is 4.39 Å². The lowest BCUT2D eigenvalue weighted by molar-refractivity contribution is -0.119. The minimum Gasteiger partial charge on any atom is -0.410 e. The van der Waals surface area contributed by atoms with Gasteiger partial charge in [-0.15, -0.1) is 0 Å². The molecule has 4 heterocycles. The van der Waals surface area contributed by atoms with Crippen LogP contribution in [-0.2, 0) is 14.0 Å². The molecule has 8 rings (SSSR count). The Morgan fingerprint density at radius 2 is 1.32 bits per heavy atom. The third-order valence-electron chi connectivity index (χ3n) is 13.8. The molecule has 0 aromatic carbocycles. The molecule has 20 heteroatoms. The van der Waals surface area contributed by atoms with Crippen LogP contribution in [0.25, 0.3) is 22.3 Å². The van der Waals surface area contributed by atoms with Gasteiger partial charge in [0.25, 0.3) is 11.1 Å². The van der Waals surface area contributed by atoms with Gasteiger partial charge in [-0.3, -0.25) is 39.8 Å². The van der Waals surface area contributed by atoms with E-state index < -0.39 is 61.5 Å². The Balaban J connectivity index is 0.000000184. The number of hydrogen-bond donors (Lipinski definition) is 6. The quantitative estimate of drug-likeness (QED) is 0.123. The monoisotopic (exact) mass is 842 g/mol. The number of aromatic nitrogens is 8. The highest BCUT2D eigenvalue weighted by Gasteiger charge is 2.73. The van der Waals surface area contributed by atoms with Crippen LogP contribution >= 0.6 is 0 Å². The molecule has 0 radical (unpaired) electrons. The number of aromatic amines is 2. The summed E-state index contributed by atoms with van der Waals surface area (Å²) in [6.07, 6.45) is 0.439. The average Bonchev–Trinajstić information content (AvgIpc) is 3.88. The Hall–Kier alpha value is -4.40. The number of nitrogens with zero attached hydrogens (tertiary/aromatic N) is 6. The van der Waals surface area contributed by atoms with E-state index in [1.165, 1.54) is 17.2 Å². The van der Waals surface area contributed by atoms with Gasteiger partial charge in [-0.25, -0.2) is 18.7 Å². The number of rotatable bonds is 10. The highest BCUT2D eigenvalue weighted by atomic mass is 28.4. The normalized spacial score (nSPS) is 31.0. The molecule has 10 atom stereocenters. The van der Waals surface area contributed by atoms with Crippen molar-refractivity contribution in [3.63, 3.8) is 0 Å². The molecular formula is C39H56F2N10O7Si. The summed E-state index contributed by atoms with van der Waals surface area (Å²) < 4.78 is 40.7. The molecule has 4 aromatic heterocycles. The fourth-order valence-corrected chi connectivity index (χ4v) is 10.3. The van der Waals surface area contributed by atoms with Crippen LogP contribution in [0.4, 0.5) is 20.7 Å². The molecule has 4 fully saturated rings. The van der Waals surface area contributed by atoms with Gasteiger partial charge >= 0.3 is 0 Å². The second-order valence-electron chi connectivity index (χ2n) is 19.0. The first-order chi connectivity index (χ1) is 27.5. The number of H-pyrrole nitrogens is 2. The number of alkyl halides is 2. The van der Waals surface area contributed by atoms with Crippen LogP contribution in [0.3, 0.4) is 0 Å². The number of hydrogen-bond acceptors (Lipinski definition) is 11. The minimum absolute atomic E-state index is 0.0236. The highest BCUT2D eigenvalue weighted by Crippen LogP contribution is 2.71.